The molecule has 0 spiro atoms. The Morgan fingerprint density at radius 1 is 1.41 bits per heavy atom. The van der Waals surface area contributed by atoms with Crippen molar-refractivity contribution in [2.45, 2.75) is 11.3 Å². The van der Waals surface area contributed by atoms with Crippen molar-refractivity contribution in [1.29, 1.82) is 0 Å². The van der Waals surface area contributed by atoms with Crippen LogP contribution < -0.4 is 0 Å². The van der Waals surface area contributed by atoms with Crippen molar-refractivity contribution in [1.82, 2.24) is 0 Å². The highest BCUT2D eigenvalue weighted by Gasteiger charge is 2.80. The average molecular weight is 249 g/mol. The first-order valence-corrected chi connectivity index (χ1v) is 6.53. The van der Waals surface area contributed by atoms with Crippen molar-refractivity contribution < 1.29 is 9.72 Å². The van der Waals surface area contributed by atoms with Gasteiger partial charge in [0.25, 0.3) is 0 Å². The topological polar surface area (TPSA) is 60.2 Å². The maximum absolute atomic E-state index is 11.4. The van der Waals surface area contributed by atoms with Crippen LogP contribution >= 0.6 is 11.8 Å². The van der Waals surface area contributed by atoms with E-state index in [0.29, 0.717) is 5.75 Å². The lowest BCUT2D eigenvalue weighted by Gasteiger charge is -2.17. The van der Waals surface area contributed by atoms with Crippen LogP contribution in [0.3, 0.4) is 0 Å². The number of carbonyl (C=O) groups is 1. The summed E-state index contributed by atoms with van der Waals surface area (Å²) >= 11 is 1.66. The summed E-state index contributed by atoms with van der Waals surface area (Å²) in [5, 5.41) is 10.9. The van der Waals surface area contributed by atoms with Crippen LogP contribution in [0, 0.1) is 21.4 Å². The summed E-state index contributed by atoms with van der Waals surface area (Å²) in [6.45, 7) is 0. The molecule has 4 nitrogen and oxygen atoms in total. The molecule has 0 N–H and O–H groups in total. The van der Waals surface area contributed by atoms with E-state index in [-0.39, 0.29) is 16.1 Å². The molecule has 3 rings (SSSR count). The Morgan fingerprint density at radius 2 is 2.12 bits per heavy atom. The number of hydrogen-bond donors (Lipinski definition) is 0. The Morgan fingerprint density at radius 3 is 2.65 bits per heavy atom. The van der Waals surface area contributed by atoms with Gasteiger partial charge in [-0.1, -0.05) is 30.3 Å². The monoisotopic (exact) mass is 249 g/mol. The zero-order valence-electron chi connectivity index (χ0n) is 8.98. The summed E-state index contributed by atoms with van der Waals surface area (Å²) in [5.41, 5.74) is 0.270. The second kappa shape index (κ2) is 3.57. The number of nitro groups is 1. The number of nitrogens with zero attached hydrogens (tertiary/aromatic N) is 1. The fourth-order valence-electron chi connectivity index (χ4n) is 2.97. The number of carbonyl (C=O) groups excluding carboxylic acids is 1. The van der Waals surface area contributed by atoms with Crippen LogP contribution in [0.2, 0.25) is 0 Å². The third kappa shape index (κ3) is 1.29. The Hall–Kier alpha value is -1.36. The molecule has 88 valence electrons. The molecule has 1 aliphatic carbocycles. The Balaban J connectivity index is 1.98. The van der Waals surface area contributed by atoms with Crippen molar-refractivity contribution in [3.8, 4) is 0 Å². The van der Waals surface area contributed by atoms with Crippen LogP contribution in [0.15, 0.2) is 30.3 Å². The van der Waals surface area contributed by atoms with Gasteiger partial charge in [-0.2, -0.15) is 11.8 Å². The van der Waals surface area contributed by atoms with Crippen molar-refractivity contribution in [3.63, 3.8) is 0 Å². The molecule has 1 saturated heterocycles. The molecule has 4 atom stereocenters. The summed E-state index contributed by atoms with van der Waals surface area (Å²) in [7, 11) is 0. The molecule has 0 radical (unpaired) electrons. The van der Waals surface area contributed by atoms with Gasteiger partial charge >= 0.3 is 0 Å². The van der Waals surface area contributed by atoms with Crippen molar-refractivity contribution >= 4 is 18.0 Å². The minimum absolute atomic E-state index is 0.0541. The molecule has 1 aliphatic heterocycles. The quantitative estimate of drug-likeness (QED) is 0.466. The predicted octanol–water partition coefficient (Wildman–Crippen LogP) is 1.93. The summed E-state index contributed by atoms with van der Waals surface area (Å²) in [6.07, 6.45) is 0.822. The smallest absolute Gasteiger partial charge is 0.232 e. The van der Waals surface area contributed by atoms with E-state index >= 15 is 0 Å². The van der Waals surface area contributed by atoms with E-state index in [1.807, 2.05) is 30.3 Å². The zero-order valence-corrected chi connectivity index (χ0v) is 9.80. The summed E-state index contributed by atoms with van der Waals surface area (Å²) in [6, 6.07) is 8.94. The first-order chi connectivity index (χ1) is 8.21. The van der Waals surface area contributed by atoms with Gasteiger partial charge in [0.05, 0.1) is 5.92 Å². The molecule has 0 unspecified atom stereocenters. The molecular weight excluding hydrogens is 238 g/mol. The molecule has 1 aromatic rings. The van der Waals surface area contributed by atoms with E-state index in [0.717, 1.165) is 11.8 Å². The van der Waals surface area contributed by atoms with Crippen molar-refractivity contribution in [3.05, 3.63) is 46.0 Å². The van der Waals surface area contributed by atoms with E-state index in [1.165, 1.54) is 0 Å². The number of rotatable bonds is 3. The molecule has 0 bridgehead atoms. The van der Waals surface area contributed by atoms with Gasteiger partial charge in [0.1, 0.15) is 11.7 Å². The van der Waals surface area contributed by atoms with Crippen LogP contribution in [0.5, 0.6) is 0 Å². The molecule has 2 aliphatic rings. The third-order valence-corrected chi connectivity index (χ3v) is 5.42. The van der Waals surface area contributed by atoms with Gasteiger partial charge in [-0.15, -0.1) is 0 Å². The summed E-state index contributed by atoms with van der Waals surface area (Å²) in [4.78, 5) is 22.0. The lowest BCUT2D eigenvalue weighted by atomic mass is 9.95. The van der Waals surface area contributed by atoms with Crippen LogP contribution in [0.25, 0.3) is 0 Å². The Bertz CT molecular complexity index is 478. The second-order valence-electron chi connectivity index (χ2n) is 4.58. The fraction of sp³-hybridized carbons (Fsp3) is 0.417. The van der Waals surface area contributed by atoms with Crippen LogP contribution in [-0.4, -0.2) is 23.0 Å². The molecule has 0 amide bonds. The van der Waals surface area contributed by atoms with E-state index in [2.05, 4.69) is 0 Å². The molecule has 1 heterocycles. The molecule has 5 heteroatoms. The molecule has 1 aromatic carbocycles. The standard InChI is InChI=1S/C12H11NO3S/c14-7-12-9(10(12)13(15)16)6-17-11(12)8-4-2-1-3-5-8/h1-5,7,9-11H,6H2/t9-,10-,11-,12-/m1/s1. The fourth-order valence-corrected chi connectivity index (χ4v) is 4.85. The largest absolute Gasteiger partial charge is 0.302 e. The zero-order chi connectivity index (χ0) is 12.0. The van der Waals surface area contributed by atoms with E-state index in [9.17, 15) is 14.9 Å². The normalized spacial score (nSPS) is 38.5. The van der Waals surface area contributed by atoms with E-state index in [4.69, 9.17) is 0 Å². The SMILES string of the molecule is O=C[C@@]12[C@@H](c3ccccc3)SC[C@@H]1[C@H]2[N+](=O)[O-]. The highest BCUT2D eigenvalue weighted by atomic mass is 32.2. The minimum Gasteiger partial charge on any atom is -0.302 e. The number of aldehydes is 1. The second-order valence-corrected chi connectivity index (χ2v) is 5.72. The van der Waals surface area contributed by atoms with Crippen LogP contribution in [0.4, 0.5) is 0 Å². The molecule has 17 heavy (non-hydrogen) atoms. The third-order valence-electron chi connectivity index (χ3n) is 3.86. The Labute approximate surface area is 103 Å². The number of fused-ring (bicyclic) bond motifs is 1. The van der Waals surface area contributed by atoms with Gasteiger partial charge in [0.15, 0.2) is 0 Å². The molecule has 0 aromatic heterocycles. The molecular formula is C12H11NO3S. The van der Waals surface area contributed by atoms with Gasteiger partial charge in [-0.05, 0) is 5.56 Å². The lowest BCUT2D eigenvalue weighted by Crippen LogP contribution is -2.21. The number of hydrogen-bond acceptors (Lipinski definition) is 4. The summed E-state index contributed by atoms with van der Waals surface area (Å²) in [5.74, 6) is 0.634. The maximum Gasteiger partial charge on any atom is 0.232 e. The van der Waals surface area contributed by atoms with Gasteiger partial charge in [0.2, 0.25) is 6.04 Å². The van der Waals surface area contributed by atoms with Gasteiger partial charge in [-0.25, -0.2) is 0 Å². The Kier molecular flexibility index (Phi) is 2.26. The average Bonchev–Trinajstić information content (AvgIpc) is 2.87. The number of benzene rings is 1. The van der Waals surface area contributed by atoms with E-state index in [1.54, 1.807) is 11.8 Å². The van der Waals surface area contributed by atoms with Crippen molar-refractivity contribution in [2.75, 3.05) is 5.75 Å². The van der Waals surface area contributed by atoms with Gasteiger partial charge in [0, 0.05) is 15.9 Å². The minimum atomic E-state index is -0.754. The van der Waals surface area contributed by atoms with Crippen molar-refractivity contribution in [2.24, 2.45) is 11.3 Å². The summed E-state index contributed by atoms with van der Waals surface area (Å²) < 4.78 is 0. The first-order valence-electron chi connectivity index (χ1n) is 5.48. The van der Waals surface area contributed by atoms with Crippen LogP contribution in [0.1, 0.15) is 10.8 Å². The van der Waals surface area contributed by atoms with E-state index < -0.39 is 11.5 Å². The first kappa shape index (κ1) is 10.8. The molecule has 2 fully saturated rings. The van der Waals surface area contributed by atoms with Gasteiger partial charge in [-0.3, -0.25) is 10.1 Å². The highest BCUT2D eigenvalue weighted by Crippen LogP contribution is 2.71. The molecule has 1 saturated carbocycles. The van der Waals surface area contributed by atoms with Gasteiger partial charge < -0.3 is 4.79 Å². The maximum atomic E-state index is 11.4. The van der Waals surface area contributed by atoms with Crippen LogP contribution in [-0.2, 0) is 4.79 Å². The number of thioether (sulfide) groups is 1. The predicted molar refractivity (Wildman–Crippen MR) is 64.4 cm³/mol. The lowest BCUT2D eigenvalue weighted by molar-refractivity contribution is -0.503. The highest BCUT2D eigenvalue weighted by molar-refractivity contribution is 8.00.